The van der Waals surface area contributed by atoms with E-state index in [9.17, 15) is 0 Å². The maximum atomic E-state index is 5.67. The summed E-state index contributed by atoms with van der Waals surface area (Å²) in [7, 11) is -0.944. The number of rotatable bonds is 6. The van der Waals surface area contributed by atoms with Crippen molar-refractivity contribution in [2.45, 2.75) is 13.8 Å². The van der Waals surface area contributed by atoms with Gasteiger partial charge in [-0.25, -0.2) is 0 Å². The first-order valence-corrected chi connectivity index (χ1v) is 5.92. The molecule has 0 fully saturated rings. The van der Waals surface area contributed by atoms with Gasteiger partial charge in [-0.1, -0.05) is 11.3 Å². The molecule has 6 heteroatoms. The molecule has 80 valence electrons. The van der Waals surface area contributed by atoms with Crippen LogP contribution in [0.25, 0.3) is 0 Å². The molecule has 1 atom stereocenters. The molecule has 0 aliphatic rings. The molecule has 0 bridgehead atoms. The molecule has 0 aromatic rings. The Bertz CT molecular complexity index is 246. The fourth-order valence-electron chi connectivity index (χ4n) is 0.737. The number of hydrogen-bond acceptors (Lipinski definition) is 2. The molecule has 0 aromatic heterocycles. The Kier molecular flexibility index (Phi) is 7.20. The lowest BCUT2D eigenvalue weighted by molar-refractivity contribution is 1.01. The lowest BCUT2D eigenvalue weighted by Gasteiger charge is -1.98. The number of aliphatic imine (C=N–C) groups is 1. The van der Waals surface area contributed by atoms with E-state index in [0.717, 1.165) is 12.1 Å². The normalized spacial score (nSPS) is 13.1. The molecular weight excluding hydrogens is 197 g/mol. The van der Waals surface area contributed by atoms with Crippen LogP contribution in [0.3, 0.4) is 0 Å². The van der Waals surface area contributed by atoms with Crippen LogP contribution in [0.1, 0.15) is 13.8 Å². The van der Waals surface area contributed by atoms with E-state index in [1.807, 2.05) is 13.8 Å². The molecule has 0 amide bonds. The third kappa shape index (κ3) is 5.80. The first kappa shape index (κ1) is 13.2. The van der Waals surface area contributed by atoms with Crippen molar-refractivity contribution in [3.05, 3.63) is 12.2 Å². The summed E-state index contributed by atoms with van der Waals surface area (Å²) in [5.74, 6) is 0.469. The predicted molar refractivity (Wildman–Crippen MR) is 63.4 cm³/mol. The Labute approximate surface area is 86.2 Å². The first-order chi connectivity index (χ1) is 6.61. The molecule has 1 unspecified atom stereocenters. The summed E-state index contributed by atoms with van der Waals surface area (Å²) in [6.07, 6.45) is 0. The van der Waals surface area contributed by atoms with Gasteiger partial charge in [0, 0.05) is 18.7 Å². The highest BCUT2D eigenvalue weighted by atomic mass is 31.1. The van der Waals surface area contributed by atoms with Crippen LogP contribution in [0.5, 0.6) is 0 Å². The van der Waals surface area contributed by atoms with E-state index in [2.05, 4.69) is 21.4 Å². The van der Waals surface area contributed by atoms with E-state index in [0.29, 0.717) is 18.9 Å². The van der Waals surface area contributed by atoms with E-state index in [1.54, 1.807) is 0 Å². The van der Waals surface area contributed by atoms with Crippen molar-refractivity contribution in [3.8, 4) is 0 Å². The molecule has 0 saturated carbocycles. The lowest BCUT2D eigenvalue weighted by atomic mass is 10.3. The van der Waals surface area contributed by atoms with Crippen molar-refractivity contribution in [1.82, 2.24) is 5.09 Å². The van der Waals surface area contributed by atoms with E-state index in [4.69, 9.17) is 11.2 Å². The van der Waals surface area contributed by atoms with E-state index in [1.165, 1.54) is 0 Å². The van der Waals surface area contributed by atoms with Crippen LogP contribution in [0.2, 0.25) is 0 Å². The second-order valence-electron chi connectivity index (χ2n) is 2.62. The summed E-state index contributed by atoms with van der Waals surface area (Å²) in [6.45, 7) is 9.62. The zero-order chi connectivity index (χ0) is 11.0. The standard InChI is InChI=1S/C8H19N5P/c1-4-11-8(9)7(3)6-13-14(10)12-5-2/h3-6H2,1-2H3,(H2,9,11)(H3,10,12,13)/q+1. The third-order valence-corrected chi connectivity index (χ3v) is 2.51. The largest absolute Gasteiger partial charge is 0.390 e. The fourth-order valence-corrected chi connectivity index (χ4v) is 1.48. The van der Waals surface area contributed by atoms with Gasteiger partial charge >= 0.3 is 8.01 Å². The molecule has 5 nitrogen and oxygen atoms in total. The van der Waals surface area contributed by atoms with Crippen molar-refractivity contribution >= 4 is 13.9 Å². The van der Waals surface area contributed by atoms with Gasteiger partial charge in [-0.05, 0) is 13.8 Å². The fraction of sp³-hybridized carbons (Fsp3) is 0.625. The Balaban J connectivity index is 4.07. The van der Waals surface area contributed by atoms with Gasteiger partial charge in [0.1, 0.15) is 12.4 Å². The van der Waals surface area contributed by atoms with Crippen molar-refractivity contribution < 1.29 is 0 Å². The van der Waals surface area contributed by atoms with Crippen LogP contribution >= 0.6 is 8.01 Å². The Morgan fingerprint density at radius 2 is 2.14 bits per heavy atom. The van der Waals surface area contributed by atoms with Crippen LogP contribution in [0.15, 0.2) is 21.9 Å². The molecule has 0 radical (unpaired) electrons. The summed E-state index contributed by atoms with van der Waals surface area (Å²) >= 11 is 0. The quantitative estimate of drug-likeness (QED) is 0.351. The highest BCUT2D eigenvalue weighted by Crippen LogP contribution is 2.08. The molecule has 0 aromatic carbocycles. The highest BCUT2D eigenvalue weighted by molar-refractivity contribution is 7.42. The smallest absolute Gasteiger partial charge is 0.384 e. The maximum absolute atomic E-state index is 5.67. The topological polar surface area (TPSA) is 88.8 Å². The van der Waals surface area contributed by atoms with Crippen LogP contribution in [-0.4, -0.2) is 25.5 Å². The van der Waals surface area contributed by atoms with Gasteiger partial charge in [0.2, 0.25) is 0 Å². The van der Waals surface area contributed by atoms with Crippen molar-refractivity contribution in [1.29, 1.82) is 0 Å². The summed E-state index contributed by atoms with van der Waals surface area (Å²) in [4.78, 5) is 4.03. The lowest BCUT2D eigenvalue weighted by Crippen LogP contribution is -2.16. The van der Waals surface area contributed by atoms with Gasteiger partial charge in [0.15, 0.2) is 0 Å². The summed E-state index contributed by atoms with van der Waals surface area (Å²) in [5, 5.41) is 3.03. The molecule has 0 spiro atoms. The zero-order valence-corrected chi connectivity index (χ0v) is 9.72. The molecule has 0 saturated heterocycles. The maximum Gasteiger partial charge on any atom is 0.390 e. The van der Waals surface area contributed by atoms with Gasteiger partial charge in [-0.15, -0.1) is 10.6 Å². The Morgan fingerprint density at radius 1 is 1.50 bits per heavy atom. The average Bonchev–Trinajstić information content (AvgIpc) is 2.15. The monoisotopic (exact) mass is 216 g/mol. The van der Waals surface area contributed by atoms with Gasteiger partial charge in [0.05, 0.1) is 0 Å². The minimum atomic E-state index is -0.944. The van der Waals surface area contributed by atoms with Crippen molar-refractivity contribution in [2.24, 2.45) is 21.0 Å². The van der Waals surface area contributed by atoms with Crippen LogP contribution in [-0.2, 0) is 0 Å². The molecular formula is C8H19N5P+. The second-order valence-corrected chi connectivity index (χ2v) is 3.91. The first-order valence-electron chi connectivity index (χ1n) is 4.55. The molecule has 0 heterocycles. The van der Waals surface area contributed by atoms with Gasteiger partial charge in [-0.3, -0.25) is 4.99 Å². The Hall–Kier alpha value is -0.770. The molecule has 0 aliphatic heterocycles. The average molecular weight is 216 g/mol. The van der Waals surface area contributed by atoms with Gasteiger partial charge < -0.3 is 5.73 Å². The van der Waals surface area contributed by atoms with Crippen LogP contribution in [0, 0.1) is 0 Å². The number of hydrogen-bond donors (Lipinski definition) is 3. The zero-order valence-electron chi connectivity index (χ0n) is 8.82. The van der Waals surface area contributed by atoms with Crippen molar-refractivity contribution in [2.75, 3.05) is 19.6 Å². The number of nitrogens with zero attached hydrogens (tertiary/aromatic N) is 2. The minimum Gasteiger partial charge on any atom is -0.384 e. The van der Waals surface area contributed by atoms with E-state index in [-0.39, 0.29) is 0 Å². The number of nitrogens with one attached hydrogen (secondary N) is 1. The second kappa shape index (κ2) is 7.62. The molecule has 0 aliphatic carbocycles. The number of amidine groups is 1. The summed E-state index contributed by atoms with van der Waals surface area (Å²) < 4.78 is 4.19. The van der Waals surface area contributed by atoms with Gasteiger partial charge in [-0.2, -0.15) is 0 Å². The van der Waals surface area contributed by atoms with Crippen LogP contribution < -0.4 is 16.3 Å². The van der Waals surface area contributed by atoms with Gasteiger partial charge in [0.25, 0.3) is 0 Å². The highest BCUT2D eigenvalue weighted by Gasteiger charge is 2.05. The minimum absolute atomic E-state index is 0.449. The van der Waals surface area contributed by atoms with Crippen LogP contribution in [0.4, 0.5) is 0 Å². The predicted octanol–water partition coefficient (Wildman–Crippen LogP) is 0.983. The van der Waals surface area contributed by atoms with E-state index >= 15 is 0 Å². The Morgan fingerprint density at radius 3 is 2.64 bits per heavy atom. The van der Waals surface area contributed by atoms with Crippen molar-refractivity contribution in [3.63, 3.8) is 0 Å². The number of nitrogens with two attached hydrogens (primary N) is 2. The molecule has 5 N–H and O–H groups in total. The molecule has 14 heavy (non-hydrogen) atoms. The molecule has 0 rings (SSSR count). The summed E-state index contributed by atoms with van der Waals surface area (Å²) in [6, 6.07) is 0. The third-order valence-electron chi connectivity index (χ3n) is 1.42. The van der Waals surface area contributed by atoms with E-state index < -0.39 is 8.01 Å². The SMILES string of the molecule is C=C(CN=[P+](N)NCC)C(N)=NCC. The summed E-state index contributed by atoms with van der Waals surface area (Å²) in [5.41, 5.74) is 12.0.